The predicted molar refractivity (Wildman–Crippen MR) is 90.4 cm³/mol. The standard InChI is InChI=1S/C18H22F3N3O3/c1-12(2)17-22-16(27-23-17)11-24-9-7-14(8-10-24)25-13-3-5-15(6-4-13)26-18(19,20)21/h3-6,12,14H,7-11H2,1-2H3. The molecule has 27 heavy (non-hydrogen) atoms. The fraction of sp³-hybridized carbons (Fsp3) is 0.556. The number of hydrogen-bond acceptors (Lipinski definition) is 6. The van der Waals surface area contributed by atoms with Gasteiger partial charge in [-0.3, -0.25) is 4.90 Å². The Morgan fingerprint density at radius 1 is 1.15 bits per heavy atom. The molecule has 9 heteroatoms. The first-order valence-electron chi connectivity index (χ1n) is 8.86. The fourth-order valence-electron chi connectivity index (χ4n) is 2.86. The van der Waals surface area contributed by atoms with Crippen LogP contribution in [0.5, 0.6) is 11.5 Å². The number of rotatable bonds is 6. The zero-order chi connectivity index (χ0) is 19.4. The van der Waals surface area contributed by atoms with Gasteiger partial charge in [-0.15, -0.1) is 13.2 Å². The average Bonchev–Trinajstić information content (AvgIpc) is 3.06. The van der Waals surface area contributed by atoms with E-state index in [-0.39, 0.29) is 17.8 Å². The highest BCUT2D eigenvalue weighted by atomic mass is 19.4. The Bertz CT molecular complexity index is 723. The van der Waals surface area contributed by atoms with Gasteiger partial charge in [0.2, 0.25) is 5.89 Å². The molecule has 0 atom stereocenters. The average molecular weight is 385 g/mol. The molecule has 0 N–H and O–H groups in total. The van der Waals surface area contributed by atoms with Gasteiger partial charge in [0.05, 0.1) is 6.54 Å². The maximum atomic E-state index is 12.2. The van der Waals surface area contributed by atoms with Gasteiger partial charge in [-0.05, 0) is 37.1 Å². The lowest BCUT2D eigenvalue weighted by molar-refractivity contribution is -0.274. The number of nitrogens with zero attached hydrogens (tertiary/aromatic N) is 3. The van der Waals surface area contributed by atoms with E-state index in [0.29, 0.717) is 24.0 Å². The molecule has 0 bridgehead atoms. The monoisotopic (exact) mass is 385 g/mol. The van der Waals surface area contributed by atoms with Crippen molar-refractivity contribution in [2.45, 2.75) is 51.6 Å². The number of halogens is 3. The van der Waals surface area contributed by atoms with Gasteiger partial charge in [-0.2, -0.15) is 4.98 Å². The van der Waals surface area contributed by atoms with E-state index in [1.54, 1.807) is 0 Å². The molecule has 1 aromatic carbocycles. The van der Waals surface area contributed by atoms with E-state index in [1.165, 1.54) is 24.3 Å². The summed E-state index contributed by atoms with van der Waals surface area (Å²) in [7, 11) is 0. The summed E-state index contributed by atoms with van der Waals surface area (Å²) in [6.45, 7) is 6.27. The third-order valence-corrected chi connectivity index (χ3v) is 4.25. The molecule has 0 saturated carbocycles. The minimum Gasteiger partial charge on any atom is -0.490 e. The molecule has 3 rings (SSSR count). The molecule has 2 heterocycles. The molecule has 2 aromatic rings. The van der Waals surface area contributed by atoms with Crippen molar-refractivity contribution in [2.24, 2.45) is 0 Å². The molecular weight excluding hydrogens is 363 g/mol. The fourth-order valence-corrected chi connectivity index (χ4v) is 2.86. The molecule has 0 unspecified atom stereocenters. The molecule has 0 radical (unpaired) electrons. The van der Waals surface area contributed by atoms with Gasteiger partial charge in [-0.1, -0.05) is 19.0 Å². The van der Waals surface area contributed by atoms with E-state index in [2.05, 4.69) is 19.8 Å². The van der Waals surface area contributed by atoms with Crippen molar-refractivity contribution in [1.29, 1.82) is 0 Å². The number of benzene rings is 1. The Labute approximate surface area is 155 Å². The summed E-state index contributed by atoms with van der Waals surface area (Å²) in [4.78, 5) is 6.60. The molecule has 1 aliphatic heterocycles. The van der Waals surface area contributed by atoms with Gasteiger partial charge in [-0.25, -0.2) is 0 Å². The number of hydrogen-bond donors (Lipinski definition) is 0. The van der Waals surface area contributed by atoms with E-state index in [4.69, 9.17) is 9.26 Å². The molecule has 0 spiro atoms. The van der Waals surface area contributed by atoms with Crippen molar-refractivity contribution < 1.29 is 27.2 Å². The van der Waals surface area contributed by atoms with Crippen molar-refractivity contribution >= 4 is 0 Å². The molecule has 148 valence electrons. The second-order valence-corrected chi connectivity index (χ2v) is 6.81. The van der Waals surface area contributed by atoms with Gasteiger partial charge in [0.25, 0.3) is 0 Å². The molecule has 1 fully saturated rings. The number of aromatic nitrogens is 2. The summed E-state index contributed by atoms with van der Waals surface area (Å²) in [5, 5.41) is 3.96. The maximum Gasteiger partial charge on any atom is 0.573 e. The Morgan fingerprint density at radius 3 is 2.33 bits per heavy atom. The van der Waals surface area contributed by atoms with E-state index in [0.717, 1.165) is 25.9 Å². The highest BCUT2D eigenvalue weighted by molar-refractivity contribution is 5.31. The third-order valence-electron chi connectivity index (χ3n) is 4.25. The van der Waals surface area contributed by atoms with Gasteiger partial charge in [0.1, 0.15) is 17.6 Å². The second-order valence-electron chi connectivity index (χ2n) is 6.81. The van der Waals surface area contributed by atoms with Crippen LogP contribution in [0.4, 0.5) is 13.2 Å². The highest BCUT2D eigenvalue weighted by Gasteiger charge is 2.31. The Balaban J connectivity index is 1.45. The highest BCUT2D eigenvalue weighted by Crippen LogP contribution is 2.26. The topological polar surface area (TPSA) is 60.6 Å². The first-order valence-corrected chi connectivity index (χ1v) is 8.86. The summed E-state index contributed by atoms with van der Waals surface area (Å²) in [6, 6.07) is 5.47. The summed E-state index contributed by atoms with van der Waals surface area (Å²) in [5.74, 6) is 1.82. The lowest BCUT2D eigenvalue weighted by atomic mass is 10.1. The van der Waals surface area contributed by atoms with Crippen LogP contribution < -0.4 is 9.47 Å². The van der Waals surface area contributed by atoms with Crippen LogP contribution in [0.2, 0.25) is 0 Å². The number of piperidine rings is 1. The number of ether oxygens (including phenoxy) is 2. The number of likely N-dealkylation sites (tertiary alicyclic amines) is 1. The normalized spacial score (nSPS) is 16.7. The molecule has 6 nitrogen and oxygen atoms in total. The van der Waals surface area contributed by atoms with Gasteiger partial charge in [0.15, 0.2) is 5.82 Å². The van der Waals surface area contributed by atoms with E-state index in [9.17, 15) is 13.2 Å². The van der Waals surface area contributed by atoms with Crippen molar-refractivity contribution in [3.8, 4) is 11.5 Å². The van der Waals surface area contributed by atoms with Crippen LogP contribution in [0.15, 0.2) is 28.8 Å². The zero-order valence-corrected chi connectivity index (χ0v) is 15.2. The number of alkyl halides is 3. The summed E-state index contributed by atoms with van der Waals surface area (Å²) < 4.78 is 51.5. The lowest BCUT2D eigenvalue weighted by Crippen LogP contribution is -2.37. The van der Waals surface area contributed by atoms with Crippen LogP contribution in [0.1, 0.15) is 44.3 Å². The zero-order valence-electron chi connectivity index (χ0n) is 15.2. The van der Waals surface area contributed by atoms with Crippen molar-refractivity contribution in [1.82, 2.24) is 15.0 Å². The molecule has 1 aromatic heterocycles. The summed E-state index contributed by atoms with van der Waals surface area (Å²) >= 11 is 0. The van der Waals surface area contributed by atoms with Gasteiger partial charge >= 0.3 is 6.36 Å². The molecule has 1 saturated heterocycles. The molecule has 0 aliphatic carbocycles. The molecule has 1 aliphatic rings. The molecule has 0 amide bonds. The minimum absolute atomic E-state index is 0.0181. The first kappa shape index (κ1) is 19.5. The van der Waals surface area contributed by atoms with Crippen LogP contribution in [-0.2, 0) is 6.54 Å². The van der Waals surface area contributed by atoms with E-state index < -0.39 is 6.36 Å². The first-order chi connectivity index (χ1) is 12.8. The summed E-state index contributed by atoms with van der Waals surface area (Å²) in [5.41, 5.74) is 0. The van der Waals surface area contributed by atoms with Gasteiger partial charge < -0.3 is 14.0 Å². The predicted octanol–water partition coefficient (Wildman–Crippen LogP) is 4.14. The lowest BCUT2D eigenvalue weighted by Gasteiger charge is -2.31. The Morgan fingerprint density at radius 2 is 1.78 bits per heavy atom. The van der Waals surface area contributed by atoms with Crippen LogP contribution in [0, 0.1) is 0 Å². The molecular formula is C18H22F3N3O3. The second kappa shape index (κ2) is 8.16. The largest absolute Gasteiger partial charge is 0.573 e. The SMILES string of the molecule is CC(C)c1noc(CN2CCC(Oc3ccc(OC(F)(F)F)cc3)CC2)n1. The Kier molecular flexibility index (Phi) is 5.88. The Hall–Kier alpha value is -2.29. The summed E-state index contributed by atoms with van der Waals surface area (Å²) in [6.07, 6.45) is -3.05. The van der Waals surface area contributed by atoms with Crippen molar-refractivity contribution in [2.75, 3.05) is 13.1 Å². The maximum absolute atomic E-state index is 12.2. The smallest absolute Gasteiger partial charge is 0.490 e. The van der Waals surface area contributed by atoms with Crippen LogP contribution >= 0.6 is 0 Å². The van der Waals surface area contributed by atoms with E-state index in [1.807, 2.05) is 13.8 Å². The quantitative estimate of drug-likeness (QED) is 0.745. The van der Waals surface area contributed by atoms with Crippen LogP contribution in [0.25, 0.3) is 0 Å². The van der Waals surface area contributed by atoms with Crippen molar-refractivity contribution in [3.05, 3.63) is 36.0 Å². The minimum atomic E-state index is -4.69. The van der Waals surface area contributed by atoms with Crippen LogP contribution in [0.3, 0.4) is 0 Å². The van der Waals surface area contributed by atoms with Crippen LogP contribution in [-0.4, -0.2) is 40.6 Å². The third kappa shape index (κ3) is 5.85. The van der Waals surface area contributed by atoms with E-state index >= 15 is 0 Å². The van der Waals surface area contributed by atoms with Gasteiger partial charge in [0, 0.05) is 19.0 Å². The van der Waals surface area contributed by atoms with Crippen molar-refractivity contribution in [3.63, 3.8) is 0 Å².